The fourth-order valence-corrected chi connectivity index (χ4v) is 1.52. The maximum atomic E-state index is 10.0. The molecule has 1 aromatic carbocycles. The zero-order valence-corrected chi connectivity index (χ0v) is 7.66. The molecule has 1 amide bonds. The van der Waals surface area contributed by atoms with E-state index in [0.717, 1.165) is 11.9 Å². The molecule has 1 heterocycles. The Labute approximate surface area is 82.1 Å². The number of hydrogen-bond donors (Lipinski definition) is 2. The van der Waals surface area contributed by atoms with Gasteiger partial charge in [-0.3, -0.25) is 4.79 Å². The first kappa shape index (κ1) is 8.81. The molecule has 1 aromatic heterocycles. The van der Waals surface area contributed by atoms with Crippen LogP contribution in [0.3, 0.4) is 0 Å². The molecule has 0 aliphatic rings. The van der Waals surface area contributed by atoms with Crippen molar-refractivity contribution in [2.24, 2.45) is 0 Å². The van der Waals surface area contributed by atoms with Gasteiger partial charge in [0.2, 0.25) is 6.41 Å². The van der Waals surface area contributed by atoms with Crippen LogP contribution in [0.25, 0.3) is 10.9 Å². The Morgan fingerprint density at radius 2 is 2.21 bits per heavy atom. The minimum atomic E-state index is 0.675. The predicted octanol–water partition coefficient (Wildman–Crippen LogP) is 1.62. The summed E-state index contributed by atoms with van der Waals surface area (Å²) in [5, 5.41) is 3.74. The molecule has 0 aliphatic carbocycles. The van der Waals surface area contributed by atoms with E-state index < -0.39 is 0 Å². The van der Waals surface area contributed by atoms with Crippen molar-refractivity contribution >= 4 is 17.3 Å². The summed E-state index contributed by atoms with van der Waals surface area (Å²) in [6.45, 7) is 1.74. The summed E-state index contributed by atoms with van der Waals surface area (Å²) < 4.78 is 0. The molecule has 0 saturated heterocycles. The van der Waals surface area contributed by atoms with E-state index in [2.05, 4.69) is 16.4 Å². The largest absolute Gasteiger partial charge is 0.361 e. The molecule has 0 aliphatic heterocycles. The lowest BCUT2D eigenvalue weighted by atomic mass is 10.1. The van der Waals surface area contributed by atoms with E-state index in [9.17, 15) is 4.79 Å². The second-order valence-corrected chi connectivity index (χ2v) is 3.05. The van der Waals surface area contributed by atoms with Crippen LogP contribution >= 0.6 is 0 Å². The third-order valence-electron chi connectivity index (χ3n) is 2.18. The highest BCUT2D eigenvalue weighted by Crippen LogP contribution is 2.18. The quantitative estimate of drug-likeness (QED) is 0.554. The van der Waals surface area contributed by atoms with E-state index in [1.807, 2.05) is 24.4 Å². The van der Waals surface area contributed by atoms with Gasteiger partial charge in [0.1, 0.15) is 0 Å². The Hall–Kier alpha value is -1.77. The SMILES string of the molecule is O=CN[CH]Cc1c[nH]c2ccccc12. The number of hydrogen-bond acceptors (Lipinski definition) is 1. The van der Waals surface area contributed by atoms with E-state index in [0.29, 0.717) is 6.41 Å². The maximum Gasteiger partial charge on any atom is 0.207 e. The number of H-pyrrole nitrogens is 1. The van der Waals surface area contributed by atoms with Crippen LogP contribution in [-0.2, 0) is 11.2 Å². The van der Waals surface area contributed by atoms with Gasteiger partial charge in [0.15, 0.2) is 0 Å². The number of aromatic amines is 1. The van der Waals surface area contributed by atoms with Gasteiger partial charge in [-0.05, 0) is 18.1 Å². The summed E-state index contributed by atoms with van der Waals surface area (Å²) in [5.41, 5.74) is 2.32. The van der Waals surface area contributed by atoms with Crippen molar-refractivity contribution in [1.82, 2.24) is 10.3 Å². The maximum absolute atomic E-state index is 10.0. The summed E-state index contributed by atoms with van der Waals surface area (Å²) in [5.74, 6) is 0. The monoisotopic (exact) mass is 187 g/mol. The Morgan fingerprint density at radius 1 is 1.36 bits per heavy atom. The summed E-state index contributed by atoms with van der Waals surface area (Å²) in [7, 11) is 0. The van der Waals surface area contributed by atoms with Crippen LogP contribution in [-0.4, -0.2) is 11.4 Å². The van der Waals surface area contributed by atoms with Crippen molar-refractivity contribution in [2.45, 2.75) is 6.42 Å². The molecule has 3 nitrogen and oxygen atoms in total. The van der Waals surface area contributed by atoms with Gasteiger partial charge in [0, 0.05) is 17.1 Å². The number of carbonyl (C=O) groups excluding carboxylic acids is 1. The smallest absolute Gasteiger partial charge is 0.207 e. The second-order valence-electron chi connectivity index (χ2n) is 3.05. The number of carbonyl (C=O) groups is 1. The summed E-state index contributed by atoms with van der Waals surface area (Å²) in [6, 6.07) is 8.10. The van der Waals surface area contributed by atoms with Crippen molar-refractivity contribution in [3.05, 3.63) is 42.6 Å². The molecule has 0 atom stereocenters. The highest BCUT2D eigenvalue weighted by Gasteiger charge is 2.01. The van der Waals surface area contributed by atoms with Crippen LogP contribution < -0.4 is 5.32 Å². The van der Waals surface area contributed by atoms with Crippen molar-refractivity contribution in [1.29, 1.82) is 0 Å². The Morgan fingerprint density at radius 3 is 3.07 bits per heavy atom. The zero-order chi connectivity index (χ0) is 9.80. The molecule has 0 spiro atoms. The van der Waals surface area contributed by atoms with E-state index in [1.165, 1.54) is 10.9 Å². The molecule has 0 saturated carbocycles. The van der Waals surface area contributed by atoms with Crippen LogP contribution in [0.15, 0.2) is 30.5 Å². The van der Waals surface area contributed by atoms with Gasteiger partial charge in [-0.2, -0.15) is 0 Å². The number of benzene rings is 1. The molecule has 71 valence electrons. The fraction of sp³-hybridized carbons (Fsp3) is 0.0909. The third-order valence-corrected chi connectivity index (χ3v) is 2.18. The Kier molecular flexibility index (Phi) is 2.49. The summed E-state index contributed by atoms with van der Waals surface area (Å²) in [4.78, 5) is 13.2. The average molecular weight is 187 g/mol. The molecule has 2 N–H and O–H groups in total. The molecule has 0 fully saturated rings. The molecule has 1 radical (unpaired) electrons. The predicted molar refractivity (Wildman–Crippen MR) is 55.5 cm³/mol. The third kappa shape index (κ3) is 1.62. The van der Waals surface area contributed by atoms with Gasteiger partial charge in [-0.15, -0.1) is 0 Å². The van der Waals surface area contributed by atoms with Gasteiger partial charge in [0.05, 0.1) is 6.54 Å². The van der Waals surface area contributed by atoms with Gasteiger partial charge >= 0.3 is 0 Å². The standard InChI is InChI=1S/C11H11N2O/c14-8-12-6-5-9-7-13-11-4-2-1-3-10(9)11/h1-4,6-8,13H,5H2,(H,12,14). The number of aromatic nitrogens is 1. The summed E-state index contributed by atoms with van der Waals surface area (Å²) in [6.07, 6.45) is 3.38. The van der Waals surface area contributed by atoms with Gasteiger partial charge in [0.25, 0.3) is 0 Å². The van der Waals surface area contributed by atoms with Crippen LogP contribution in [0.2, 0.25) is 0 Å². The number of nitrogens with one attached hydrogen (secondary N) is 2. The second kappa shape index (κ2) is 3.96. The van der Waals surface area contributed by atoms with E-state index in [4.69, 9.17) is 0 Å². The van der Waals surface area contributed by atoms with Crippen LogP contribution in [0.1, 0.15) is 5.56 Å². The first-order chi connectivity index (χ1) is 6.92. The number of rotatable bonds is 4. The van der Waals surface area contributed by atoms with E-state index >= 15 is 0 Å². The molecule has 0 bridgehead atoms. The minimum Gasteiger partial charge on any atom is -0.361 e. The Balaban J connectivity index is 2.20. The molecule has 3 heteroatoms. The van der Waals surface area contributed by atoms with Crippen molar-refractivity contribution in [3.8, 4) is 0 Å². The molecule has 14 heavy (non-hydrogen) atoms. The van der Waals surface area contributed by atoms with Crippen molar-refractivity contribution in [2.75, 3.05) is 0 Å². The topological polar surface area (TPSA) is 44.9 Å². The molecule has 2 aromatic rings. The van der Waals surface area contributed by atoms with Crippen LogP contribution in [0.5, 0.6) is 0 Å². The summed E-state index contributed by atoms with van der Waals surface area (Å²) >= 11 is 0. The highest BCUT2D eigenvalue weighted by molar-refractivity contribution is 5.83. The minimum absolute atomic E-state index is 0.675. The fourth-order valence-electron chi connectivity index (χ4n) is 1.52. The first-order valence-electron chi connectivity index (χ1n) is 4.48. The van der Waals surface area contributed by atoms with Crippen molar-refractivity contribution < 1.29 is 4.79 Å². The van der Waals surface area contributed by atoms with E-state index in [-0.39, 0.29) is 0 Å². The molecule has 0 unspecified atom stereocenters. The molecular weight excluding hydrogens is 176 g/mol. The average Bonchev–Trinajstić information content (AvgIpc) is 2.63. The lowest BCUT2D eigenvalue weighted by Gasteiger charge is -1.96. The molecular formula is C11H11N2O. The molecule has 2 rings (SSSR count). The van der Waals surface area contributed by atoms with Crippen molar-refractivity contribution in [3.63, 3.8) is 0 Å². The van der Waals surface area contributed by atoms with Crippen LogP contribution in [0, 0.1) is 6.54 Å². The van der Waals surface area contributed by atoms with Gasteiger partial charge < -0.3 is 10.3 Å². The normalized spacial score (nSPS) is 10.3. The van der Waals surface area contributed by atoms with Gasteiger partial charge in [-0.1, -0.05) is 18.2 Å². The highest BCUT2D eigenvalue weighted by atomic mass is 16.1. The lowest BCUT2D eigenvalue weighted by molar-refractivity contribution is -0.109. The van der Waals surface area contributed by atoms with Crippen LogP contribution in [0.4, 0.5) is 0 Å². The number of para-hydroxylation sites is 1. The van der Waals surface area contributed by atoms with E-state index in [1.54, 1.807) is 6.54 Å². The Bertz CT molecular complexity index is 434. The zero-order valence-electron chi connectivity index (χ0n) is 7.66. The first-order valence-corrected chi connectivity index (χ1v) is 4.48. The van der Waals surface area contributed by atoms with Gasteiger partial charge in [-0.25, -0.2) is 0 Å². The lowest BCUT2D eigenvalue weighted by Crippen LogP contribution is -2.07. The number of fused-ring (bicyclic) bond motifs is 1. The number of amides is 1.